The second kappa shape index (κ2) is 7.01. The summed E-state index contributed by atoms with van der Waals surface area (Å²) >= 11 is 1.54. The molecule has 0 saturated carbocycles. The lowest BCUT2D eigenvalue weighted by molar-refractivity contribution is 0.430. The molecule has 1 atom stereocenters. The predicted octanol–water partition coefficient (Wildman–Crippen LogP) is 4.90. The second-order valence-corrected chi connectivity index (χ2v) is 8.22. The zero-order valence-corrected chi connectivity index (χ0v) is 16.8. The minimum atomic E-state index is -0.191. The molecule has 0 radical (unpaired) electrons. The maximum absolute atomic E-state index is 13.7. The van der Waals surface area contributed by atoms with E-state index >= 15 is 0 Å². The maximum Gasteiger partial charge on any atom is 0.258 e. The van der Waals surface area contributed by atoms with Crippen LogP contribution in [0.5, 0.6) is 0 Å². The van der Waals surface area contributed by atoms with Crippen molar-refractivity contribution in [2.75, 3.05) is 6.26 Å². The van der Waals surface area contributed by atoms with Crippen LogP contribution >= 0.6 is 11.8 Å². The van der Waals surface area contributed by atoms with E-state index in [9.17, 15) is 4.79 Å². The first-order valence-electron chi connectivity index (χ1n) is 9.39. The van der Waals surface area contributed by atoms with Gasteiger partial charge in [-0.3, -0.25) is 9.36 Å². The molecule has 1 aliphatic rings. The Balaban J connectivity index is 1.98. The highest BCUT2D eigenvalue weighted by atomic mass is 32.2. The van der Waals surface area contributed by atoms with Gasteiger partial charge in [0.1, 0.15) is 0 Å². The molecule has 0 bridgehead atoms. The molecule has 3 nitrogen and oxygen atoms in total. The first-order valence-corrected chi connectivity index (χ1v) is 10.6. The number of hydrogen-bond donors (Lipinski definition) is 0. The standard InChI is InChI=1S/C23H24N2OS/c1-4-23(2)14-17-12-8-9-13-18(17)20-19(23)21(26)25(22(24-20)27-3)15-16-10-6-5-7-11-16/h5-13H,4,14-15H2,1-3H3/t23-/m0/s1. The van der Waals surface area contributed by atoms with Gasteiger partial charge in [0.25, 0.3) is 5.56 Å². The van der Waals surface area contributed by atoms with Gasteiger partial charge >= 0.3 is 0 Å². The summed E-state index contributed by atoms with van der Waals surface area (Å²) in [5, 5.41) is 0.776. The summed E-state index contributed by atoms with van der Waals surface area (Å²) in [4.78, 5) is 18.7. The van der Waals surface area contributed by atoms with Gasteiger partial charge in [0, 0.05) is 11.0 Å². The van der Waals surface area contributed by atoms with Crippen LogP contribution in [-0.4, -0.2) is 15.8 Å². The van der Waals surface area contributed by atoms with Gasteiger partial charge in [-0.25, -0.2) is 4.98 Å². The summed E-state index contributed by atoms with van der Waals surface area (Å²) in [5.74, 6) is 0. The summed E-state index contributed by atoms with van der Waals surface area (Å²) in [7, 11) is 0. The zero-order chi connectivity index (χ0) is 19.0. The molecule has 0 amide bonds. The number of hydrogen-bond acceptors (Lipinski definition) is 3. The SMILES string of the molecule is CC[C@@]1(C)Cc2ccccc2-c2nc(SC)n(Cc3ccccc3)c(=O)c21. The summed E-state index contributed by atoms with van der Waals surface area (Å²) in [6.45, 7) is 4.93. The largest absolute Gasteiger partial charge is 0.283 e. The fraction of sp³-hybridized carbons (Fsp3) is 0.304. The normalized spacial score (nSPS) is 18.0. The Morgan fingerprint density at radius 2 is 1.81 bits per heavy atom. The van der Waals surface area contributed by atoms with E-state index in [1.807, 2.05) is 35.1 Å². The third-order valence-corrected chi connectivity index (χ3v) is 6.41. The predicted molar refractivity (Wildman–Crippen MR) is 113 cm³/mol. The van der Waals surface area contributed by atoms with Crippen LogP contribution in [0.1, 0.15) is 37.0 Å². The molecule has 0 saturated heterocycles. The highest BCUT2D eigenvalue weighted by Gasteiger charge is 2.38. The van der Waals surface area contributed by atoms with Gasteiger partial charge in [-0.1, -0.05) is 80.2 Å². The zero-order valence-electron chi connectivity index (χ0n) is 16.0. The smallest absolute Gasteiger partial charge is 0.258 e. The topological polar surface area (TPSA) is 34.9 Å². The van der Waals surface area contributed by atoms with Crippen molar-refractivity contribution < 1.29 is 0 Å². The average Bonchev–Trinajstić information content (AvgIpc) is 2.70. The number of benzene rings is 2. The summed E-state index contributed by atoms with van der Waals surface area (Å²) in [6, 6.07) is 18.5. The van der Waals surface area contributed by atoms with Crippen molar-refractivity contribution >= 4 is 11.8 Å². The number of rotatable bonds is 4. The Morgan fingerprint density at radius 1 is 1.11 bits per heavy atom. The Kier molecular flexibility index (Phi) is 4.68. The van der Waals surface area contributed by atoms with E-state index in [0.717, 1.165) is 40.4 Å². The highest BCUT2D eigenvalue weighted by molar-refractivity contribution is 7.98. The number of aromatic nitrogens is 2. The fourth-order valence-corrected chi connectivity index (χ4v) is 4.60. The van der Waals surface area contributed by atoms with Crippen LogP contribution in [0.15, 0.2) is 64.5 Å². The molecule has 138 valence electrons. The van der Waals surface area contributed by atoms with Gasteiger partial charge in [0.2, 0.25) is 0 Å². The number of nitrogens with zero attached hydrogens (tertiary/aromatic N) is 2. The summed E-state index contributed by atoms with van der Waals surface area (Å²) in [5.41, 5.74) is 5.17. The first kappa shape index (κ1) is 18.1. The molecule has 2 aromatic carbocycles. The van der Waals surface area contributed by atoms with Crippen molar-refractivity contribution in [3.05, 3.63) is 81.6 Å². The van der Waals surface area contributed by atoms with Crippen LogP contribution in [0.3, 0.4) is 0 Å². The molecule has 0 aliphatic heterocycles. The third kappa shape index (κ3) is 3.02. The van der Waals surface area contributed by atoms with Gasteiger partial charge in [-0.2, -0.15) is 0 Å². The van der Waals surface area contributed by atoms with Gasteiger partial charge < -0.3 is 0 Å². The number of thioether (sulfide) groups is 1. The van der Waals surface area contributed by atoms with E-state index < -0.39 is 0 Å². The summed E-state index contributed by atoms with van der Waals surface area (Å²) < 4.78 is 1.85. The molecule has 4 rings (SSSR count). The molecule has 3 aromatic rings. The van der Waals surface area contributed by atoms with Gasteiger partial charge in [0.05, 0.1) is 17.8 Å². The van der Waals surface area contributed by atoms with E-state index in [-0.39, 0.29) is 11.0 Å². The summed E-state index contributed by atoms with van der Waals surface area (Å²) in [6.07, 6.45) is 3.78. The fourth-order valence-electron chi connectivity index (χ4n) is 4.05. The van der Waals surface area contributed by atoms with Crippen molar-refractivity contribution in [1.82, 2.24) is 9.55 Å². The molecular weight excluding hydrogens is 352 g/mol. The van der Waals surface area contributed by atoms with E-state index in [2.05, 4.69) is 44.2 Å². The molecule has 0 fully saturated rings. The van der Waals surface area contributed by atoms with E-state index in [1.54, 1.807) is 0 Å². The Bertz CT molecular complexity index is 1040. The monoisotopic (exact) mass is 376 g/mol. The van der Waals surface area contributed by atoms with E-state index in [4.69, 9.17) is 4.98 Å². The van der Waals surface area contributed by atoms with Crippen molar-refractivity contribution in [2.45, 2.75) is 43.8 Å². The Hall–Kier alpha value is -2.33. The number of fused-ring (bicyclic) bond motifs is 3. The quantitative estimate of drug-likeness (QED) is 0.480. The van der Waals surface area contributed by atoms with Crippen molar-refractivity contribution in [3.8, 4) is 11.3 Å². The van der Waals surface area contributed by atoms with Crippen LogP contribution in [-0.2, 0) is 18.4 Å². The molecular formula is C23H24N2OS. The molecule has 0 spiro atoms. The Labute approximate surface area is 164 Å². The lowest BCUT2D eigenvalue weighted by Gasteiger charge is -2.35. The maximum atomic E-state index is 13.7. The molecule has 4 heteroatoms. The van der Waals surface area contributed by atoms with Crippen LogP contribution in [0.4, 0.5) is 0 Å². The van der Waals surface area contributed by atoms with E-state index in [0.29, 0.717) is 6.54 Å². The highest BCUT2D eigenvalue weighted by Crippen LogP contribution is 2.42. The third-order valence-electron chi connectivity index (χ3n) is 5.74. The van der Waals surface area contributed by atoms with Crippen molar-refractivity contribution in [2.24, 2.45) is 0 Å². The van der Waals surface area contributed by atoms with Crippen LogP contribution in [0.25, 0.3) is 11.3 Å². The van der Waals surface area contributed by atoms with E-state index in [1.165, 1.54) is 17.3 Å². The lowest BCUT2D eigenvalue weighted by Crippen LogP contribution is -2.40. The molecule has 1 aliphatic carbocycles. The molecule has 0 N–H and O–H groups in total. The average molecular weight is 377 g/mol. The lowest BCUT2D eigenvalue weighted by atomic mass is 9.69. The molecule has 0 unspecified atom stereocenters. The minimum absolute atomic E-state index is 0.104. The van der Waals surface area contributed by atoms with Crippen LogP contribution in [0, 0.1) is 0 Å². The van der Waals surface area contributed by atoms with Crippen molar-refractivity contribution in [3.63, 3.8) is 0 Å². The van der Waals surface area contributed by atoms with Crippen LogP contribution in [0.2, 0.25) is 0 Å². The molecule has 27 heavy (non-hydrogen) atoms. The second-order valence-electron chi connectivity index (χ2n) is 7.45. The van der Waals surface area contributed by atoms with Gasteiger partial charge in [-0.15, -0.1) is 0 Å². The first-order chi connectivity index (χ1) is 13.1. The van der Waals surface area contributed by atoms with Crippen molar-refractivity contribution in [1.29, 1.82) is 0 Å². The van der Waals surface area contributed by atoms with Gasteiger partial charge in [-0.05, 0) is 30.2 Å². The Morgan fingerprint density at radius 3 is 2.52 bits per heavy atom. The van der Waals surface area contributed by atoms with Crippen LogP contribution < -0.4 is 5.56 Å². The molecule has 1 aromatic heterocycles. The van der Waals surface area contributed by atoms with Gasteiger partial charge in [0.15, 0.2) is 5.16 Å². The minimum Gasteiger partial charge on any atom is -0.283 e. The molecule has 1 heterocycles.